The Hall–Kier alpha value is -2.27. The molecule has 0 aromatic heterocycles. The number of aliphatic imine (C=N–C) groups is 1. The summed E-state index contributed by atoms with van der Waals surface area (Å²) in [4.78, 5) is 17.2. The number of amidine groups is 1. The van der Waals surface area contributed by atoms with Gasteiger partial charge in [0.05, 0.1) is 13.2 Å². The van der Waals surface area contributed by atoms with Gasteiger partial charge < -0.3 is 10.5 Å². The van der Waals surface area contributed by atoms with Crippen LogP contribution in [0.15, 0.2) is 59.6 Å². The Labute approximate surface area is 133 Å². The molecule has 0 bridgehead atoms. The average Bonchev–Trinajstić information content (AvgIpc) is 2.97. The van der Waals surface area contributed by atoms with Gasteiger partial charge in [0, 0.05) is 5.56 Å². The van der Waals surface area contributed by atoms with Crippen LogP contribution in [0.25, 0.3) is 0 Å². The largest absolute Gasteiger partial charge is 0.497 e. The second kappa shape index (κ2) is 6.23. The van der Waals surface area contributed by atoms with Crippen LogP contribution in [0.3, 0.4) is 0 Å². The standard InChI is InChI=1S/C17H16N2O2S/c1-21-13-9-7-12(8-10-13)15(20)16-14(19-17(18)22-16)11-5-3-2-4-6-11/h2-10,14,16H,1H3,(H2,18,19)/t14-,16+/m1/s1. The highest BCUT2D eigenvalue weighted by atomic mass is 32.2. The molecule has 0 spiro atoms. The Balaban J connectivity index is 1.87. The minimum absolute atomic E-state index is 0.0331. The third kappa shape index (κ3) is 2.85. The molecule has 2 aromatic rings. The summed E-state index contributed by atoms with van der Waals surface area (Å²) in [5.74, 6) is 0.761. The summed E-state index contributed by atoms with van der Waals surface area (Å²) in [6.45, 7) is 0. The normalized spacial score (nSPS) is 20.5. The first-order valence-corrected chi connectivity index (χ1v) is 7.80. The van der Waals surface area contributed by atoms with Crippen molar-refractivity contribution in [2.75, 3.05) is 7.11 Å². The monoisotopic (exact) mass is 312 g/mol. The number of carbonyl (C=O) groups is 1. The van der Waals surface area contributed by atoms with Crippen LogP contribution in [0, 0.1) is 0 Å². The third-order valence-corrected chi connectivity index (χ3v) is 4.65. The highest BCUT2D eigenvalue weighted by Gasteiger charge is 2.36. The van der Waals surface area contributed by atoms with Gasteiger partial charge in [-0.3, -0.25) is 9.79 Å². The van der Waals surface area contributed by atoms with Crippen molar-refractivity contribution in [2.24, 2.45) is 10.7 Å². The lowest BCUT2D eigenvalue weighted by Gasteiger charge is -2.16. The van der Waals surface area contributed by atoms with E-state index in [9.17, 15) is 4.79 Å². The summed E-state index contributed by atoms with van der Waals surface area (Å²) in [5, 5.41) is 0.136. The van der Waals surface area contributed by atoms with Crippen LogP contribution in [0.2, 0.25) is 0 Å². The molecule has 0 saturated heterocycles. The van der Waals surface area contributed by atoms with Crippen molar-refractivity contribution in [3.05, 3.63) is 65.7 Å². The van der Waals surface area contributed by atoms with Gasteiger partial charge in [0.2, 0.25) is 0 Å². The van der Waals surface area contributed by atoms with Gasteiger partial charge in [-0.25, -0.2) is 0 Å². The van der Waals surface area contributed by atoms with Crippen LogP contribution < -0.4 is 10.5 Å². The topological polar surface area (TPSA) is 64.7 Å². The lowest BCUT2D eigenvalue weighted by Crippen LogP contribution is -2.22. The van der Waals surface area contributed by atoms with Crippen LogP contribution in [0.5, 0.6) is 5.75 Å². The molecule has 2 atom stereocenters. The minimum atomic E-state index is -0.323. The summed E-state index contributed by atoms with van der Waals surface area (Å²) in [6, 6.07) is 16.7. The molecule has 0 radical (unpaired) electrons. The molecule has 0 fully saturated rings. The van der Waals surface area contributed by atoms with E-state index in [0.717, 1.165) is 11.3 Å². The number of methoxy groups -OCH3 is 1. The predicted octanol–water partition coefficient (Wildman–Crippen LogP) is 3.05. The number of benzene rings is 2. The molecule has 1 aliphatic rings. The molecule has 22 heavy (non-hydrogen) atoms. The van der Waals surface area contributed by atoms with Gasteiger partial charge in [-0.2, -0.15) is 0 Å². The SMILES string of the molecule is COc1ccc(C(=O)[C@H]2SC(N)=N[C@@H]2c2ccccc2)cc1. The first-order chi connectivity index (χ1) is 10.7. The molecule has 2 N–H and O–H groups in total. The molecule has 2 aromatic carbocycles. The van der Waals surface area contributed by atoms with E-state index in [1.54, 1.807) is 31.4 Å². The summed E-state index contributed by atoms with van der Waals surface area (Å²) in [6.07, 6.45) is 0. The van der Waals surface area contributed by atoms with Gasteiger partial charge in [0.15, 0.2) is 11.0 Å². The van der Waals surface area contributed by atoms with Crippen molar-refractivity contribution in [3.63, 3.8) is 0 Å². The number of thioether (sulfide) groups is 1. The predicted molar refractivity (Wildman–Crippen MR) is 89.5 cm³/mol. The fourth-order valence-corrected chi connectivity index (χ4v) is 3.47. The molecule has 0 amide bonds. The number of hydrogen-bond donors (Lipinski definition) is 1. The van der Waals surface area contributed by atoms with E-state index in [1.165, 1.54) is 11.8 Å². The van der Waals surface area contributed by atoms with Crippen molar-refractivity contribution < 1.29 is 9.53 Å². The summed E-state index contributed by atoms with van der Waals surface area (Å²) < 4.78 is 5.12. The molecule has 112 valence electrons. The van der Waals surface area contributed by atoms with Gasteiger partial charge in [-0.15, -0.1) is 0 Å². The second-order valence-electron chi connectivity index (χ2n) is 4.95. The molecule has 1 aliphatic heterocycles. The number of nitrogens with two attached hydrogens (primary N) is 1. The molecular formula is C17H16N2O2S. The third-order valence-electron chi connectivity index (χ3n) is 3.57. The quantitative estimate of drug-likeness (QED) is 0.881. The summed E-state index contributed by atoms with van der Waals surface area (Å²) >= 11 is 1.33. The first-order valence-electron chi connectivity index (χ1n) is 6.92. The van der Waals surface area contributed by atoms with Crippen LogP contribution in [0.4, 0.5) is 0 Å². The lowest BCUT2D eigenvalue weighted by atomic mass is 9.98. The van der Waals surface area contributed by atoms with Crippen molar-refractivity contribution in [1.82, 2.24) is 0 Å². The van der Waals surface area contributed by atoms with Gasteiger partial charge in [0.1, 0.15) is 11.0 Å². The Morgan fingerprint density at radius 1 is 1.14 bits per heavy atom. The molecular weight excluding hydrogens is 296 g/mol. The summed E-state index contributed by atoms with van der Waals surface area (Å²) in [5.41, 5.74) is 7.50. The Morgan fingerprint density at radius 2 is 1.82 bits per heavy atom. The highest BCUT2D eigenvalue weighted by molar-refractivity contribution is 8.15. The van der Waals surface area contributed by atoms with E-state index in [1.807, 2.05) is 30.3 Å². The minimum Gasteiger partial charge on any atom is -0.497 e. The van der Waals surface area contributed by atoms with Crippen LogP contribution in [-0.4, -0.2) is 23.3 Å². The molecule has 5 heteroatoms. The zero-order valence-electron chi connectivity index (χ0n) is 12.1. The Morgan fingerprint density at radius 3 is 2.45 bits per heavy atom. The van der Waals surface area contributed by atoms with E-state index in [2.05, 4.69) is 4.99 Å². The van der Waals surface area contributed by atoms with Crippen LogP contribution in [0.1, 0.15) is 22.0 Å². The smallest absolute Gasteiger partial charge is 0.178 e. The second-order valence-corrected chi connectivity index (χ2v) is 6.12. The number of ether oxygens (including phenoxy) is 1. The number of nitrogens with zero attached hydrogens (tertiary/aromatic N) is 1. The number of ketones is 1. The number of rotatable bonds is 4. The van der Waals surface area contributed by atoms with Gasteiger partial charge >= 0.3 is 0 Å². The molecule has 1 heterocycles. The van der Waals surface area contributed by atoms with E-state index in [4.69, 9.17) is 10.5 Å². The van der Waals surface area contributed by atoms with Crippen molar-refractivity contribution in [2.45, 2.75) is 11.3 Å². The Bertz CT molecular complexity index is 698. The van der Waals surface area contributed by atoms with Crippen molar-refractivity contribution >= 4 is 22.7 Å². The summed E-state index contributed by atoms with van der Waals surface area (Å²) in [7, 11) is 1.60. The first kappa shape index (κ1) is 14.7. The number of hydrogen-bond acceptors (Lipinski definition) is 5. The molecule has 0 unspecified atom stereocenters. The maximum absolute atomic E-state index is 12.8. The number of carbonyl (C=O) groups excluding carboxylic acids is 1. The van der Waals surface area contributed by atoms with Crippen molar-refractivity contribution in [1.29, 1.82) is 0 Å². The maximum Gasteiger partial charge on any atom is 0.178 e. The lowest BCUT2D eigenvalue weighted by molar-refractivity contribution is 0.0983. The fraction of sp³-hybridized carbons (Fsp3) is 0.176. The molecule has 0 saturated carbocycles. The fourth-order valence-electron chi connectivity index (χ4n) is 2.45. The molecule has 3 rings (SSSR count). The van der Waals surface area contributed by atoms with Crippen LogP contribution in [-0.2, 0) is 0 Å². The number of Topliss-reactive ketones (excluding diaryl/α,β-unsaturated/α-hetero) is 1. The van der Waals surface area contributed by atoms with Crippen molar-refractivity contribution in [3.8, 4) is 5.75 Å². The van der Waals surface area contributed by atoms with Gasteiger partial charge in [-0.05, 0) is 29.8 Å². The van der Waals surface area contributed by atoms with Gasteiger partial charge in [0.25, 0.3) is 0 Å². The maximum atomic E-state index is 12.8. The average molecular weight is 312 g/mol. The van der Waals surface area contributed by atoms with Crippen LogP contribution >= 0.6 is 11.8 Å². The van der Waals surface area contributed by atoms with E-state index >= 15 is 0 Å². The molecule has 0 aliphatic carbocycles. The molecule has 4 nitrogen and oxygen atoms in total. The zero-order chi connectivity index (χ0) is 15.5. The van der Waals surface area contributed by atoms with E-state index in [-0.39, 0.29) is 17.1 Å². The van der Waals surface area contributed by atoms with E-state index in [0.29, 0.717) is 10.7 Å². The van der Waals surface area contributed by atoms with Gasteiger partial charge in [-0.1, -0.05) is 42.1 Å². The van der Waals surface area contributed by atoms with E-state index < -0.39 is 0 Å². The highest BCUT2D eigenvalue weighted by Crippen LogP contribution is 2.38. The zero-order valence-corrected chi connectivity index (χ0v) is 12.9. The Kier molecular flexibility index (Phi) is 4.15.